The summed E-state index contributed by atoms with van der Waals surface area (Å²) in [5, 5.41) is 3.91. The van der Waals surface area contributed by atoms with Crippen molar-refractivity contribution < 1.29 is 18.0 Å². The van der Waals surface area contributed by atoms with Crippen molar-refractivity contribution in [3.05, 3.63) is 129 Å². The smallest absolute Gasteiger partial charge is 0.264 e. The van der Waals surface area contributed by atoms with Crippen LogP contribution < -0.4 is 9.62 Å². The fourth-order valence-electron chi connectivity index (χ4n) is 6.36. The van der Waals surface area contributed by atoms with Crippen molar-refractivity contribution in [3.63, 3.8) is 0 Å². The van der Waals surface area contributed by atoms with Gasteiger partial charge in [0, 0.05) is 34.6 Å². The lowest BCUT2D eigenvalue weighted by Crippen LogP contribution is -2.55. The third-order valence-corrected chi connectivity index (χ3v) is 11.6. The summed E-state index contributed by atoms with van der Waals surface area (Å²) in [7, 11) is -4.22. The molecule has 49 heavy (non-hydrogen) atoms. The number of carbonyl (C=O) groups excluding carboxylic acids is 2. The van der Waals surface area contributed by atoms with Gasteiger partial charge in [0.2, 0.25) is 11.8 Å². The Morgan fingerprint density at radius 3 is 2.12 bits per heavy atom. The minimum absolute atomic E-state index is 0.00442. The molecule has 5 rings (SSSR count). The van der Waals surface area contributed by atoms with Crippen LogP contribution in [0, 0.1) is 6.92 Å². The lowest BCUT2D eigenvalue weighted by molar-refractivity contribution is -0.140. The number of carbonyl (C=O) groups is 2. The Morgan fingerprint density at radius 1 is 0.837 bits per heavy atom. The number of amides is 2. The molecule has 7 nitrogen and oxygen atoms in total. The minimum Gasteiger partial charge on any atom is -0.352 e. The lowest BCUT2D eigenvalue weighted by atomic mass is 9.94. The molecule has 0 saturated heterocycles. The number of sulfonamides is 1. The SMILES string of the molecule is CCc1ccccc1N(CC(=O)N(Cc1c(Cl)cccc1Cl)[C@@H](Cc1ccccc1)C(=O)NC1CCCCC1)S(=O)(=O)c1ccc(C)cc1. The Balaban J connectivity index is 1.61. The molecule has 1 saturated carbocycles. The van der Waals surface area contributed by atoms with Crippen molar-refractivity contribution in [3.8, 4) is 0 Å². The summed E-state index contributed by atoms with van der Waals surface area (Å²) in [4.78, 5) is 30.7. The molecule has 1 aliphatic rings. The van der Waals surface area contributed by atoms with Crippen LogP contribution in [-0.4, -0.2) is 43.8 Å². The van der Waals surface area contributed by atoms with Gasteiger partial charge in [-0.3, -0.25) is 13.9 Å². The average Bonchev–Trinajstić information content (AvgIpc) is 3.10. The quantitative estimate of drug-likeness (QED) is 0.151. The van der Waals surface area contributed by atoms with E-state index >= 15 is 0 Å². The fraction of sp³-hybridized carbons (Fsp3) is 0.333. The van der Waals surface area contributed by atoms with Gasteiger partial charge in [0.05, 0.1) is 10.6 Å². The van der Waals surface area contributed by atoms with E-state index in [0.717, 1.165) is 48.8 Å². The van der Waals surface area contributed by atoms with Gasteiger partial charge in [-0.25, -0.2) is 8.42 Å². The molecule has 0 heterocycles. The van der Waals surface area contributed by atoms with E-state index < -0.39 is 28.5 Å². The van der Waals surface area contributed by atoms with Gasteiger partial charge in [0.1, 0.15) is 12.6 Å². The average molecular weight is 721 g/mol. The van der Waals surface area contributed by atoms with Gasteiger partial charge in [0.15, 0.2) is 0 Å². The van der Waals surface area contributed by atoms with Crippen molar-refractivity contribution in [1.82, 2.24) is 10.2 Å². The molecular formula is C39H43Cl2N3O4S. The van der Waals surface area contributed by atoms with E-state index in [9.17, 15) is 18.0 Å². The molecule has 0 unspecified atom stereocenters. The van der Waals surface area contributed by atoms with Crippen molar-refractivity contribution in [1.29, 1.82) is 0 Å². The third kappa shape index (κ3) is 9.04. The maximum Gasteiger partial charge on any atom is 0.264 e. The zero-order chi connectivity index (χ0) is 35.0. The van der Waals surface area contributed by atoms with E-state index in [2.05, 4.69) is 5.32 Å². The normalized spacial score (nSPS) is 14.2. The topological polar surface area (TPSA) is 86.8 Å². The van der Waals surface area contributed by atoms with Crippen LogP contribution in [0.5, 0.6) is 0 Å². The number of halogens is 2. The van der Waals surface area contributed by atoms with Crippen LogP contribution in [0.2, 0.25) is 10.0 Å². The molecule has 0 radical (unpaired) electrons. The van der Waals surface area contributed by atoms with Crippen molar-refractivity contribution in [2.45, 2.75) is 82.3 Å². The maximum absolute atomic E-state index is 14.9. The highest BCUT2D eigenvalue weighted by atomic mass is 35.5. The van der Waals surface area contributed by atoms with Crippen molar-refractivity contribution >= 4 is 50.7 Å². The van der Waals surface area contributed by atoms with Gasteiger partial charge in [-0.05, 0) is 67.6 Å². The third-order valence-electron chi connectivity index (χ3n) is 9.14. The number of benzene rings is 4. The first-order valence-electron chi connectivity index (χ1n) is 16.8. The zero-order valence-corrected chi connectivity index (χ0v) is 30.3. The van der Waals surface area contributed by atoms with Gasteiger partial charge in [0.25, 0.3) is 10.0 Å². The fourth-order valence-corrected chi connectivity index (χ4v) is 8.32. The number of para-hydroxylation sites is 1. The zero-order valence-electron chi connectivity index (χ0n) is 27.9. The molecule has 1 atom stereocenters. The largest absolute Gasteiger partial charge is 0.352 e. The molecule has 4 aromatic carbocycles. The second-order valence-corrected chi connectivity index (χ2v) is 15.3. The maximum atomic E-state index is 14.9. The van der Waals surface area contributed by atoms with Crippen molar-refractivity contribution in [2.24, 2.45) is 0 Å². The molecule has 4 aromatic rings. The Labute approximate surface area is 300 Å². The molecule has 2 amide bonds. The highest BCUT2D eigenvalue weighted by molar-refractivity contribution is 7.92. The van der Waals surface area contributed by atoms with Gasteiger partial charge in [-0.1, -0.05) is 122 Å². The second-order valence-electron chi connectivity index (χ2n) is 12.6. The first kappa shape index (κ1) is 36.4. The van der Waals surface area contributed by atoms with Crippen molar-refractivity contribution in [2.75, 3.05) is 10.8 Å². The summed E-state index contributed by atoms with van der Waals surface area (Å²) < 4.78 is 30.0. The minimum atomic E-state index is -4.22. The summed E-state index contributed by atoms with van der Waals surface area (Å²) in [5.41, 5.74) is 3.41. The number of nitrogens with zero attached hydrogens (tertiary/aromatic N) is 2. The number of rotatable bonds is 13. The summed E-state index contributed by atoms with van der Waals surface area (Å²) in [6, 6.07) is 27.3. The van der Waals surface area contributed by atoms with Crippen LogP contribution >= 0.6 is 23.2 Å². The first-order valence-corrected chi connectivity index (χ1v) is 19.0. The Bertz CT molecular complexity index is 1830. The van der Waals surface area contributed by atoms with Gasteiger partial charge < -0.3 is 10.2 Å². The summed E-state index contributed by atoms with van der Waals surface area (Å²) in [6.45, 7) is 3.18. The summed E-state index contributed by atoms with van der Waals surface area (Å²) >= 11 is 13.3. The molecule has 1 N–H and O–H groups in total. The molecule has 0 aliphatic heterocycles. The number of hydrogen-bond donors (Lipinski definition) is 1. The summed E-state index contributed by atoms with van der Waals surface area (Å²) in [6.07, 6.45) is 5.66. The van der Waals surface area contributed by atoms with Gasteiger partial charge >= 0.3 is 0 Å². The number of anilines is 1. The Hall–Kier alpha value is -3.85. The van der Waals surface area contributed by atoms with E-state index in [1.165, 1.54) is 9.21 Å². The van der Waals surface area contributed by atoms with Crippen LogP contribution in [0.3, 0.4) is 0 Å². The van der Waals surface area contributed by atoms with Crippen LogP contribution in [-0.2, 0) is 39.0 Å². The molecule has 1 fully saturated rings. The van der Waals surface area contributed by atoms with Crippen LogP contribution in [0.4, 0.5) is 5.69 Å². The van der Waals surface area contributed by atoms with E-state index in [0.29, 0.717) is 27.7 Å². The Morgan fingerprint density at radius 2 is 1.47 bits per heavy atom. The predicted molar refractivity (Wildman–Crippen MR) is 197 cm³/mol. The molecule has 0 aromatic heterocycles. The van der Waals surface area contributed by atoms with E-state index in [4.69, 9.17) is 23.2 Å². The summed E-state index contributed by atoms with van der Waals surface area (Å²) in [5.74, 6) is -0.855. The number of hydrogen-bond acceptors (Lipinski definition) is 4. The Kier molecular flexibility index (Phi) is 12.4. The monoisotopic (exact) mass is 719 g/mol. The van der Waals surface area contributed by atoms with E-state index in [1.54, 1.807) is 54.6 Å². The molecule has 0 spiro atoms. The first-order chi connectivity index (χ1) is 23.6. The second kappa shape index (κ2) is 16.7. The number of aryl methyl sites for hydroxylation is 2. The molecule has 0 bridgehead atoms. The van der Waals surface area contributed by atoms with E-state index in [1.807, 2.05) is 56.3 Å². The van der Waals surface area contributed by atoms with Crippen LogP contribution in [0.15, 0.2) is 102 Å². The molecular weight excluding hydrogens is 677 g/mol. The molecule has 10 heteroatoms. The number of nitrogens with one attached hydrogen (secondary N) is 1. The van der Waals surface area contributed by atoms with E-state index in [-0.39, 0.29) is 29.8 Å². The van der Waals surface area contributed by atoms with Crippen LogP contribution in [0.1, 0.15) is 61.3 Å². The lowest BCUT2D eigenvalue weighted by Gasteiger charge is -2.35. The highest BCUT2D eigenvalue weighted by Gasteiger charge is 2.36. The van der Waals surface area contributed by atoms with Crippen LogP contribution in [0.25, 0.3) is 0 Å². The molecule has 258 valence electrons. The predicted octanol–water partition coefficient (Wildman–Crippen LogP) is 8.15. The molecule has 1 aliphatic carbocycles. The standard InChI is InChI=1S/C39H43Cl2N3O4S/c1-3-30-15-10-11-20-36(30)44(49(47,48)32-23-21-28(2)22-24-32)27-38(45)43(26-33-34(40)18-12-19-35(33)41)37(25-29-13-6-4-7-14-29)39(46)42-31-16-8-5-9-17-31/h4,6-7,10-15,18-24,31,37H,3,5,8-9,16-17,25-27H2,1-2H3,(H,42,46)/t37-/m0/s1. The van der Waals surface area contributed by atoms with Gasteiger partial charge in [-0.2, -0.15) is 0 Å². The van der Waals surface area contributed by atoms with Gasteiger partial charge in [-0.15, -0.1) is 0 Å². The highest BCUT2D eigenvalue weighted by Crippen LogP contribution is 2.31.